The molecule has 0 unspecified atom stereocenters. The van der Waals surface area contributed by atoms with Gasteiger partial charge in [-0.15, -0.1) is 11.3 Å². The molecule has 1 amide bonds. The van der Waals surface area contributed by atoms with Crippen LogP contribution in [0.3, 0.4) is 0 Å². The van der Waals surface area contributed by atoms with E-state index in [4.69, 9.17) is 10.5 Å². The van der Waals surface area contributed by atoms with Crippen molar-refractivity contribution in [3.8, 4) is 5.75 Å². The lowest BCUT2D eigenvalue weighted by Gasteiger charge is -2.07. The summed E-state index contributed by atoms with van der Waals surface area (Å²) < 4.78 is 10.7. The summed E-state index contributed by atoms with van der Waals surface area (Å²) in [6.45, 7) is 1.61. The molecule has 0 saturated heterocycles. The SMILES string of the molecule is CCc1sc2cccc(OCC(=O)OC)c2c1C(=O)C(N)=O. The molecule has 0 fully saturated rings. The number of carbonyl (C=O) groups excluding carboxylic acids is 3. The molecule has 116 valence electrons. The Bertz CT molecular complexity index is 750. The molecule has 2 rings (SSSR count). The van der Waals surface area contributed by atoms with Gasteiger partial charge in [0.05, 0.1) is 12.7 Å². The number of rotatable bonds is 6. The van der Waals surface area contributed by atoms with E-state index in [0.717, 1.165) is 9.58 Å². The molecule has 0 radical (unpaired) electrons. The minimum atomic E-state index is -1.02. The maximum Gasteiger partial charge on any atom is 0.343 e. The predicted molar refractivity (Wildman–Crippen MR) is 82.2 cm³/mol. The van der Waals surface area contributed by atoms with Gasteiger partial charge < -0.3 is 15.2 Å². The van der Waals surface area contributed by atoms with E-state index >= 15 is 0 Å². The van der Waals surface area contributed by atoms with E-state index in [1.807, 2.05) is 13.0 Å². The Kier molecular flexibility index (Phi) is 4.77. The fourth-order valence-electron chi connectivity index (χ4n) is 2.09. The second kappa shape index (κ2) is 6.57. The molecule has 2 N–H and O–H groups in total. The van der Waals surface area contributed by atoms with Crippen LogP contribution in [0.4, 0.5) is 0 Å². The Morgan fingerprint density at radius 2 is 2.00 bits per heavy atom. The molecule has 1 aromatic carbocycles. The van der Waals surface area contributed by atoms with Gasteiger partial charge in [0, 0.05) is 15.0 Å². The Labute approximate surface area is 130 Å². The van der Waals surface area contributed by atoms with E-state index in [0.29, 0.717) is 17.6 Å². The van der Waals surface area contributed by atoms with Crippen LogP contribution in [0.5, 0.6) is 5.75 Å². The molecule has 0 atom stereocenters. The van der Waals surface area contributed by atoms with Crippen molar-refractivity contribution in [2.45, 2.75) is 13.3 Å². The maximum absolute atomic E-state index is 12.1. The molecule has 1 aromatic heterocycles. The summed E-state index contributed by atoms with van der Waals surface area (Å²) in [7, 11) is 1.26. The van der Waals surface area contributed by atoms with Crippen LogP contribution < -0.4 is 10.5 Å². The van der Waals surface area contributed by atoms with Gasteiger partial charge in [-0.25, -0.2) is 4.79 Å². The summed E-state index contributed by atoms with van der Waals surface area (Å²) in [6.07, 6.45) is 0.587. The molecule has 0 spiro atoms. The van der Waals surface area contributed by atoms with Gasteiger partial charge in [-0.05, 0) is 18.6 Å². The van der Waals surface area contributed by atoms with Crippen molar-refractivity contribution in [1.82, 2.24) is 0 Å². The number of aryl methyl sites for hydroxylation is 1. The quantitative estimate of drug-likeness (QED) is 0.496. The third-order valence-corrected chi connectivity index (χ3v) is 4.39. The second-order valence-electron chi connectivity index (χ2n) is 4.44. The highest BCUT2D eigenvalue weighted by Crippen LogP contribution is 2.38. The van der Waals surface area contributed by atoms with Crippen LogP contribution in [0.25, 0.3) is 10.1 Å². The first-order valence-electron chi connectivity index (χ1n) is 6.57. The topological polar surface area (TPSA) is 95.7 Å². The van der Waals surface area contributed by atoms with Crippen LogP contribution in [-0.2, 0) is 20.7 Å². The Hall–Kier alpha value is -2.41. The van der Waals surface area contributed by atoms with Gasteiger partial charge in [0.2, 0.25) is 0 Å². The Morgan fingerprint density at radius 3 is 2.59 bits per heavy atom. The fraction of sp³-hybridized carbons (Fsp3) is 0.267. The zero-order chi connectivity index (χ0) is 16.3. The number of Topliss-reactive ketones (excluding diaryl/α,β-unsaturated/α-hetero) is 1. The highest BCUT2D eigenvalue weighted by atomic mass is 32.1. The van der Waals surface area contributed by atoms with Crippen LogP contribution in [0.1, 0.15) is 22.2 Å². The predicted octanol–water partition coefficient (Wildman–Crippen LogP) is 1.68. The smallest absolute Gasteiger partial charge is 0.343 e. The number of ketones is 1. The van der Waals surface area contributed by atoms with Crippen LogP contribution >= 0.6 is 11.3 Å². The van der Waals surface area contributed by atoms with E-state index in [2.05, 4.69) is 4.74 Å². The number of fused-ring (bicyclic) bond motifs is 1. The maximum atomic E-state index is 12.1. The summed E-state index contributed by atoms with van der Waals surface area (Å²) in [5, 5.41) is 0.511. The third-order valence-electron chi connectivity index (χ3n) is 3.10. The van der Waals surface area contributed by atoms with Gasteiger partial charge >= 0.3 is 5.97 Å². The van der Waals surface area contributed by atoms with Crippen LogP contribution in [0.15, 0.2) is 18.2 Å². The van der Waals surface area contributed by atoms with E-state index in [1.54, 1.807) is 12.1 Å². The van der Waals surface area contributed by atoms with E-state index in [9.17, 15) is 14.4 Å². The first kappa shape index (κ1) is 16.0. The molecule has 0 saturated carbocycles. The lowest BCUT2D eigenvalue weighted by Crippen LogP contribution is -2.23. The largest absolute Gasteiger partial charge is 0.481 e. The Morgan fingerprint density at radius 1 is 1.27 bits per heavy atom. The van der Waals surface area contributed by atoms with Gasteiger partial charge in [0.15, 0.2) is 6.61 Å². The summed E-state index contributed by atoms with van der Waals surface area (Å²) in [5.74, 6) is -1.96. The monoisotopic (exact) mass is 321 g/mol. The summed E-state index contributed by atoms with van der Waals surface area (Å²) in [6, 6.07) is 5.21. The summed E-state index contributed by atoms with van der Waals surface area (Å²) in [5.41, 5.74) is 5.40. The molecule has 7 heteroatoms. The summed E-state index contributed by atoms with van der Waals surface area (Å²) >= 11 is 1.40. The van der Waals surface area contributed by atoms with Gasteiger partial charge in [0.25, 0.3) is 11.7 Å². The van der Waals surface area contributed by atoms with Gasteiger partial charge in [-0.1, -0.05) is 13.0 Å². The second-order valence-corrected chi connectivity index (χ2v) is 5.58. The fourth-order valence-corrected chi connectivity index (χ4v) is 3.25. The summed E-state index contributed by atoms with van der Waals surface area (Å²) in [4.78, 5) is 35.4. The highest BCUT2D eigenvalue weighted by molar-refractivity contribution is 7.19. The van der Waals surface area contributed by atoms with Crippen molar-refractivity contribution >= 4 is 39.1 Å². The normalized spacial score (nSPS) is 10.5. The van der Waals surface area contributed by atoms with Gasteiger partial charge in [0.1, 0.15) is 5.75 Å². The van der Waals surface area contributed by atoms with E-state index in [1.165, 1.54) is 18.4 Å². The lowest BCUT2D eigenvalue weighted by molar-refractivity contribution is -0.142. The molecule has 1 heterocycles. The first-order valence-corrected chi connectivity index (χ1v) is 7.39. The molecular weight excluding hydrogens is 306 g/mol. The minimum Gasteiger partial charge on any atom is -0.481 e. The van der Waals surface area contributed by atoms with Gasteiger partial charge in [-0.2, -0.15) is 0 Å². The van der Waals surface area contributed by atoms with Crippen LogP contribution in [0.2, 0.25) is 0 Å². The molecule has 0 aliphatic rings. The van der Waals surface area contributed by atoms with E-state index < -0.39 is 17.7 Å². The number of thiophene rings is 1. The number of esters is 1. The minimum absolute atomic E-state index is 0.260. The number of ether oxygens (including phenoxy) is 2. The standard InChI is InChI=1S/C15H15NO5S/c1-3-9-13(14(18)15(16)19)12-8(21-7-11(17)20-2)5-4-6-10(12)22-9/h4-6H,3,7H2,1-2H3,(H2,16,19). The van der Waals surface area contributed by atoms with Crippen molar-refractivity contribution in [1.29, 1.82) is 0 Å². The average molecular weight is 321 g/mol. The average Bonchev–Trinajstić information content (AvgIpc) is 2.90. The Balaban J connectivity index is 2.58. The van der Waals surface area contributed by atoms with Crippen molar-refractivity contribution in [2.75, 3.05) is 13.7 Å². The van der Waals surface area contributed by atoms with Crippen molar-refractivity contribution in [3.05, 3.63) is 28.6 Å². The van der Waals surface area contributed by atoms with E-state index in [-0.39, 0.29) is 12.2 Å². The number of carbonyl (C=O) groups is 3. The number of hydrogen-bond acceptors (Lipinski definition) is 6. The molecule has 0 bridgehead atoms. The van der Waals surface area contributed by atoms with Crippen molar-refractivity contribution in [3.63, 3.8) is 0 Å². The molecule has 6 nitrogen and oxygen atoms in total. The van der Waals surface area contributed by atoms with Crippen LogP contribution in [-0.4, -0.2) is 31.4 Å². The molecule has 22 heavy (non-hydrogen) atoms. The lowest BCUT2D eigenvalue weighted by atomic mass is 10.0. The number of benzene rings is 1. The number of nitrogens with two attached hydrogens (primary N) is 1. The molecular formula is C15H15NO5S. The number of methoxy groups -OCH3 is 1. The number of hydrogen-bond donors (Lipinski definition) is 1. The molecule has 0 aliphatic heterocycles. The van der Waals surface area contributed by atoms with Crippen LogP contribution in [0, 0.1) is 0 Å². The van der Waals surface area contributed by atoms with Crippen molar-refractivity contribution in [2.24, 2.45) is 5.73 Å². The zero-order valence-electron chi connectivity index (χ0n) is 12.2. The third kappa shape index (κ3) is 2.94. The highest BCUT2D eigenvalue weighted by Gasteiger charge is 2.24. The van der Waals surface area contributed by atoms with Crippen molar-refractivity contribution < 1.29 is 23.9 Å². The zero-order valence-corrected chi connectivity index (χ0v) is 13.0. The molecule has 0 aliphatic carbocycles. The number of primary amides is 1. The molecule has 2 aromatic rings. The van der Waals surface area contributed by atoms with Gasteiger partial charge in [-0.3, -0.25) is 9.59 Å². The number of amides is 1. The first-order chi connectivity index (χ1) is 10.5.